The largest absolute Gasteiger partial charge is 0.351 e. The number of hydrogen-bond acceptors (Lipinski definition) is 4. The summed E-state index contributed by atoms with van der Waals surface area (Å²) in [6.45, 7) is 0.919. The Hall–Kier alpha value is -3.54. The molecule has 0 atom stereocenters. The highest BCUT2D eigenvalue weighted by Crippen LogP contribution is 2.05. The minimum atomic E-state index is -0.282. The standard InChI is InChI=1S/C22H22N4O2/c27-21(26-16-18-9-4-11-23-15-18)19-10-13-24-20(14-19)22(28)25-12-5-8-17-6-2-1-3-7-17/h1-4,6-7,9-11,13-15H,5,8,12,16H2,(H,25,28)(H,26,27). The van der Waals surface area contributed by atoms with Gasteiger partial charge in [0.05, 0.1) is 0 Å². The molecule has 3 aromatic rings. The lowest BCUT2D eigenvalue weighted by molar-refractivity contribution is 0.0948. The van der Waals surface area contributed by atoms with E-state index in [9.17, 15) is 9.59 Å². The number of nitrogens with zero attached hydrogens (tertiary/aromatic N) is 2. The molecule has 0 aliphatic heterocycles. The average molecular weight is 374 g/mol. The first-order chi connectivity index (χ1) is 13.7. The molecule has 1 aromatic carbocycles. The lowest BCUT2D eigenvalue weighted by atomic mass is 10.1. The molecule has 2 aromatic heterocycles. The molecule has 0 saturated carbocycles. The summed E-state index contributed by atoms with van der Waals surface area (Å²) < 4.78 is 0. The molecule has 28 heavy (non-hydrogen) atoms. The second-order valence-corrected chi connectivity index (χ2v) is 6.32. The number of amides is 2. The van der Waals surface area contributed by atoms with E-state index in [1.807, 2.05) is 30.3 Å². The molecule has 3 rings (SSSR count). The first-order valence-corrected chi connectivity index (χ1v) is 9.17. The molecule has 0 aliphatic rings. The number of carbonyl (C=O) groups excluding carboxylic acids is 2. The van der Waals surface area contributed by atoms with Crippen molar-refractivity contribution in [3.05, 3.63) is 95.6 Å². The van der Waals surface area contributed by atoms with Gasteiger partial charge in [0.2, 0.25) is 0 Å². The fraction of sp³-hybridized carbons (Fsp3) is 0.182. The van der Waals surface area contributed by atoms with Crippen LogP contribution in [0.3, 0.4) is 0 Å². The van der Waals surface area contributed by atoms with Crippen molar-refractivity contribution in [3.63, 3.8) is 0 Å². The maximum absolute atomic E-state index is 12.3. The van der Waals surface area contributed by atoms with Crippen molar-refractivity contribution in [2.24, 2.45) is 0 Å². The monoisotopic (exact) mass is 374 g/mol. The molecule has 6 heteroatoms. The van der Waals surface area contributed by atoms with Crippen molar-refractivity contribution in [3.8, 4) is 0 Å². The van der Waals surface area contributed by atoms with Gasteiger partial charge >= 0.3 is 0 Å². The zero-order chi connectivity index (χ0) is 19.6. The number of pyridine rings is 2. The van der Waals surface area contributed by atoms with E-state index in [2.05, 4.69) is 32.7 Å². The molecule has 2 N–H and O–H groups in total. The van der Waals surface area contributed by atoms with E-state index in [1.54, 1.807) is 18.5 Å². The first kappa shape index (κ1) is 19.2. The van der Waals surface area contributed by atoms with Gasteiger partial charge in [-0.3, -0.25) is 19.6 Å². The smallest absolute Gasteiger partial charge is 0.269 e. The summed E-state index contributed by atoms with van der Waals surface area (Å²) in [6.07, 6.45) is 6.57. The van der Waals surface area contributed by atoms with Crippen LogP contribution >= 0.6 is 0 Å². The van der Waals surface area contributed by atoms with Crippen LogP contribution in [0.25, 0.3) is 0 Å². The van der Waals surface area contributed by atoms with E-state index < -0.39 is 0 Å². The van der Waals surface area contributed by atoms with E-state index >= 15 is 0 Å². The van der Waals surface area contributed by atoms with Gasteiger partial charge in [0.1, 0.15) is 5.69 Å². The SMILES string of the molecule is O=C(NCc1cccnc1)c1ccnc(C(=O)NCCCc2ccccc2)c1. The van der Waals surface area contributed by atoms with Crippen molar-refractivity contribution in [1.29, 1.82) is 0 Å². The number of rotatable bonds is 8. The van der Waals surface area contributed by atoms with Crippen molar-refractivity contribution >= 4 is 11.8 Å². The van der Waals surface area contributed by atoms with Gasteiger partial charge in [0, 0.05) is 37.2 Å². The summed E-state index contributed by atoms with van der Waals surface area (Å²) in [6, 6.07) is 16.9. The molecule has 6 nitrogen and oxygen atoms in total. The van der Waals surface area contributed by atoms with Crippen LogP contribution < -0.4 is 10.6 Å². The summed E-state index contributed by atoms with van der Waals surface area (Å²) >= 11 is 0. The average Bonchev–Trinajstić information content (AvgIpc) is 2.76. The Morgan fingerprint density at radius 1 is 0.857 bits per heavy atom. The van der Waals surface area contributed by atoms with Crippen molar-refractivity contribution in [2.45, 2.75) is 19.4 Å². The second kappa shape index (κ2) is 9.97. The maximum atomic E-state index is 12.3. The molecule has 2 amide bonds. The number of carbonyl (C=O) groups is 2. The van der Waals surface area contributed by atoms with Crippen molar-refractivity contribution in [2.75, 3.05) is 6.54 Å². The Labute approximate surface area is 164 Å². The van der Waals surface area contributed by atoms with Crippen molar-refractivity contribution < 1.29 is 9.59 Å². The third kappa shape index (κ3) is 5.74. The molecule has 0 radical (unpaired) electrons. The fourth-order valence-corrected chi connectivity index (χ4v) is 2.71. The quantitative estimate of drug-likeness (QED) is 0.594. The van der Waals surface area contributed by atoms with Crippen LogP contribution in [0.2, 0.25) is 0 Å². The summed E-state index contributed by atoms with van der Waals surface area (Å²) in [5.41, 5.74) is 2.77. The van der Waals surface area contributed by atoms with Gasteiger partial charge in [-0.1, -0.05) is 36.4 Å². The van der Waals surface area contributed by atoms with Gasteiger partial charge in [0.15, 0.2) is 0 Å². The Kier molecular flexibility index (Phi) is 6.84. The van der Waals surface area contributed by atoms with Crippen molar-refractivity contribution in [1.82, 2.24) is 20.6 Å². The molecule has 0 saturated heterocycles. The molecule has 2 heterocycles. The maximum Gasteiger partial charge on any atom is 0.269 e. The molecule has 142 valence electrons. The minimum Gasteiger partial charge on any atom is -0.351 e. The number of benzene rings is 1. The first-order valence-electron chi connectivity index (χ1n) is 9.17. The second-order valence-electron chi connectivity index (χ2n) is 6.32. The highest BCUT2D eigenvalue weighted by molar-refractivity contribution is 5.98. The van der Waals surface area contributed by atoms with Crippen LogP contribution in [-0.2, 0) is 13.0 Å². The Bertz CT molecular complexity index is 914. The van der Waals surface area contributed by atoms with Crippen LogP contribution in [0.15, 0.2) is 73.2 Å². The lowest BCUT2D eigenvalue weighted by Crippen LogP contribution is -2.27. The van der Waals surface area contributed by atoms with E-state index in [4.69, 9.17) is 0 Å². The third-order valence-electron chi connectivity index (χ3n) is 4.20. The van der Waals surface area contributed by atoms with Crippen LogP contribution in [-0.4, -0.2) is 28.3 Å². The van der Waals surface area contributed by atoms with Gasteiger partial charge in [-0.2, -0.15) is 0 Å². The highest BCUT2D eigenvalue weighted by Gasteiger charge is 2.11. The van der Waals surface area contributed by atoms with Crippen LogP contribution in [0, 0.1) is 0 Å². The summed E-state index contributed by atoms with van der Waals surface area (Å²) in [5.74, 6) is -0.542. The van der Waals surface area contributed by atoms with Gasteiger partial charge in [-0.15, -0.1) is 0 Å². The zero-order valence-corrected chi connectivity index (χ0v) is 15.5. The van der Waals surface area contributed by atoms with Gasteiger partial charge in [-0.05, 0) is 42.2 Å². The predicted molar refractivity (Wildman–Crippen MR) is 107 cm³/mol. The third-order valence-corrected chi connectivity index (χ3v) is 4.20. The Balaban J connectivity index is 1.49. The summed E-state index contributed by atoms with van der Waals surface area (Å²) in [7, 11) is 0. The number of nitrogens with one attached hydrogen (secondary N) is 2. The van der Waals surface area contributed by atoms with Gasteiger partial charge in [-0.25, -0.2) is 0 Å². The van der Waals surface area contributed by atoms with E-state index in [0.717, 1.165) is 18.4 Å². The zero-order valence-electron chi connectivity index (χ0n) is 15.5. The summed E-state index contributed by atoms with van der Waals surface area (Å²) in [4.78, 5) is 32.7. The predicted octanol–water partition coefficient (Wildman–Crippen LogP) is 2.77. The van der Waals surface area contributed by atoms with Crippen LogP contribution in [0.4, 0.5) is 0 Å². The molecule has 0 spiro atoms. The summed E-state index contributed by atoms with van der Waals surface area (Å²) in [5, 5.41) is 5.67. The molecule has 0 aliphatic carbocycles. The van der Waals surface area contributed by atoms with E-state index in [1.165, 1.54) is 17.8 Å². The Morgan fingerprint density at radius 2 is 1.68 bits per heavy atom. The van der Waals surface area contributed by atoms with E-state index in [-0.39, 0.29) is 17.5 Å². The highest BCUT2D eigenvalue weighted by atomic mass is 16.2. The van der Waals surface area contributed by atoms with Crippen LogP contribution in [0.1, 0.15) is 38.4 Å². The number of aryl methyl sites for hydroxylation is 1. The molecule has 0 unspecified atom stereocenters. The molecular formula is C22H22N4O2. The van der Waals surface area contributed by atoms with Crippen LogP contribution in [0.5, 0.6) is 0 Å². The topological polar surface area (TPSA) is 84.0 Å². The number of aromatic nitrogens is 2. The lowest BCUT2D eigenvalue weighted by Gasteiger charge is -2.08. The normalized spacial score (nSPS) is 10.3. The fourth-order valence-electron chi connectivity index (χ4n) is 2.71. The number of hydrogen-bond donors (Lipinski definition) is 2. The molecular weight excluding hydrogens is 352 g/mol. The molecule has 0 fully saturated rings. The van der Waals surface area contributed by atoms with Gasteiger partial charge < -0.3 is 10.6 Å². The molecule has 0 bridgehead atoms. The van der Waals surface area contributed by atoms with E-state index in [0.29, 0.717) is 18.7 Å². The minimum absolute atomic E-state index is 0.230. The Morgan fingerprint density at radius 3 is 2.46 bits per heavy atom. The van der Waals surface area contributed by atoms with Gasteiger partial charge in [0.25, 0.3) is 11.8 Å².